The molecule has 20 heavy (non-hydrogen) atoms. The van der Waals surface area contributed by atoms with E-state index < -0.39 is 9.84 Å². The van der Waals surface area contributed by atoms with E-state index in [0.29, 0.717) is 12.1 Å². The summed E-state index contributed by atoms with van der Waals surface area (Å²) in [5, 5.41) is 2.75. The number of nitrogens with two attached hydrogens (primary N) is 1. The summed E-state index contributed by atoms with van der Waals surface area (Å²) in [5.41, 5.74) is 6.37. The van der Waals surface area contributed by atoms with Crippen LogP contribution in [0, 0.1) is 5.92 Å². The zero-order chi connectivity index (χ0) is 14.8. The van der Waals surface area contributed by atoms with Crippen LogP contribution >= 0.6 is 0 Å². The fourth-order valence-corrected chi connectivity index (χ4v) is 2.94. The lowest BCUT2D eigenvalue weighted by atomic mass is 9.85. The zero-order valence-corrected chi connectivity index (χ0v) is 12.2. The lowest BCUT2D eigenvalue weighted by molar-refractivity contribution is -0.120. The van der Waals surface area contributed by atoms with E-state index in [0.717, 1.165) is 25.5 Å². The van der Waals surface area contributed by atoms with Gasteiger partial charge >= 0.3 is 0 Å². The summed E-state index contributed by atoms with van der Waals surface area (Å²) in [7, 11) is -3.32. The van der Waals surface area contributed by atoms with Crippen molar-refractivity contribution in [3.63, 3.8) is 0 Å². The van der Waals surface area contributed by atoms with Crippen LogP contribution in [-0.2, 0) is 14.6 Å². The van der Waals surface area contributed by atoms with Gasteiger partial charge in [-0.05, 0) is 31.4 Å². The summed E-state index contributed by atoms with van der Waals surface area (Å²) in [5.74, 6) is -0.151. The molecular formula is C13H19N3O3S. The van der Waals surface area contributed by atoms with Gasteiger partial charge in [0.2, 0.25) is 5.91 Å². The Hall–Kier alpha value is -1.47. The second-order valence-electron chi connectivity index (χ2n) is 5.27. The van der Waals surface area contributed by atoms with E-state index in [1.54, 1.807) is 6.07 Å². The highest BCUT2D eigenvalue weighted by Gasteiger charge is 2.25. The molecule has 1 heterocycles. The fourth-order valence-electron chi connectivity index (χ4n) is 2.38. The number of hydrogen-bond donors (Lipinski definition) is 2. The van der Waals surface area contributed by atoms with Crippen molar-refractivity contribution >= 4 is 21.4 Å². The summed E-state index contributed by atoms with van der Waals surface area (Å²) in [6.45, 7) is 0. The predicted octanol–water partition coefficient (Wildman–Crippen LogP) is 0.941. The van der Waals surface area contributed by atoms with Crippen LogP contribution in [-0.4, -0.2) is 31.6 Å². The van der Waals surface area contributed by atoms with Crippen LogP contribution in [0.2, 0.25) is 0 Å². The second-order valence-corrected chi connectivity index (χ2v) is 7.23. The van der Waals surface area contributed by atoms with E-state index >= 15 is 0 Å². The molecule has 1 saturated carbocycles. The number of aromatic nitrogens is 1. The number of sulfone groups is 1. The molecule has 0 aliphatic heterocycles. The molecule has 0 bridgehead atoms. The number of carbonyl (C=O) groups excluding carboxylic acids is 1. The largest absolute Gasteiger partial charge is 0.328 e. The van der Waals surface area contributed by atoms with Crippen molar-refractivity contribution in [3.05, 3.63) is 18.3 Å². The van der Waals surface area contributed by atoms with Crippen molar-refractivity contribution < 1.29 is 13.2 Å². The van der Waals surface area contributed by atoms with Crippen molar-refractivity contribution in [2.45, 2.75) is 36.8 Å². The van der Waals surface area contributed by atoms with Gasteiger partial charge in [-0.2, -0.15) is 0 Å². The highest BCUT2D eigenvalue weighted by molar-refractivity contribution is 7.90. The second kappa shape index (κ2) is 5.88. The Kier molecular flexibility index (Phi) is 4.39. The number of amides is 1. The van der Waals surface area contributed by atoms with Gasteiger partial charge in [0.25, 0.3) is 0 Å². The first-order valence-corrected chi connectivity index (χ1v) is 8.48. The summed E-state index contributed by atoms with van der Waals surface area (Å²) in [4.78, 5) is 15.9. The molecule has 3 N–H and O–H groups in total. The van der Waals surface area contributed by atoms with Gasteiger partial charge in [0.1, 0.15) is 0 Å². The number of hydrogen-bond acceptors (Lipinski definition) is 5. The molecule has 1 aromatic rings. The van der Waals surface area contributed by atoms with Gasteiger partial charge in [-0.3, -0.25) is 4.79 Å². The quantitative estimate of drug-likeness (QED) is 0.864. The average molecular weight is 297 g/mol. The molecule has 2 unspecified atom stereocenters. The minimum Gasteiger partial charge on any atom is -0.328 e. The summed E-state index contributed by atoms with van der Waals surface area (Å²) in [6, 6.07) is 3.02. The van der Waals surface area contributed by atoms with Crippen molar-refractivity contribution in [1.82, 2.24) is 4.98 Å². The normalized spacial score (nSPS) is 23.3. The van der Waals surface area contributed by atoms with Gasteiger partial charge < -0.3 is 11.1 Å². The maximum Gasteiger partial charge on any atom is 0.227 e. The van der Waals surface area contributed by atoms with Crippen LogP contribution in [0.4, 0.5) is 5.69 Å². The lowest BCUT2D eigenvalue weighted by Gasteiger charge is -2.25. The standard InChI is InChI=1S/C13H19N3O3S/c1-20(18,19)12-6-5-11(8-15-12)16-13(17)9-3-2-4-10(14)7-9/h5-6,8-10H,2-4,7,14H2,1H3,(H,16,17). The first kappa shape index (κ1) is 14.9. The Morgan fingerprint density at radius 3 is 2.70 bits per heavy atom. The first-order chi connectivity index (χ1) is 9.36. The van der Waals surface area contributed by atoms with Crippen LogP contribution in [0.25, 0.3) is 0 Å². The zero-order valence-electron chi connectivity index (χ0n) is 11.4. The molecule has 1 aliphatic carbocycles. The third-order valence-corrected chi connectivity index (χ3v) is 4.47. The van der Waals surface area contributed by atoms with Gasteiger partial charge in [-0.25, -0.2) is 13.4 Å². The number of anilines is 1. The molecule has 0 aromatic carbocycles. The van der Waals surface area contributed by atoms with Crippen molar-refractivity contribution in [3.8, 4) is 0 Å². The summed E-state index contributed by atoms with van der Waals surface area (Å²) in [6.07, 6.45) is 5.92. The Morgan fingerprint density at radius 2 is 2.15 bits per heavy atom. The summed E-state index contributed by atoms with van der Waals surface area (Å²) >= 11 is 0. The summed E-state index contributed by atoms with van der Waals surface area (Å²) < 4.78 is 22.6. The molecule has 6 nitrogen and oxygen atoms in total. The monoisotopic (exact) mass is 297 g/mol. The molecule has 0 spiro atoms. The molecule has 0 radical (unpaired) electrons. The number of nitrogens with zero attached hydrogens (tertiary/aromatic N) is 1. The predicted molar refractivity (Wildman–Crippen MR) is 75.9 cm³/mol. The number of pyridine rings is 1. The molecule has 2 rings (SSSR count). The molecule has 0 saturated heterocycles. The van der Waals surface area contributed by atoms with Gasteiger partial charge in [0, 0.05) is 18.2 Å². The molecule has 1 amide bonds. The smallest absolute Gasteiger partial charge is 0.227 e. The number of nitrogens with one attached hydrogen (secondary N) is 1. The molecule has 1 aliphatic rings. The third kappa shape index (κ3) is 3.77. The van der Waals surface area contributed by atoms with Crippen LogP contribution in [0.1, 0.15) is 25.7 Å². The van der Waals surface area contributed by atoms with Gasteiger partial charge in [-0.1, -0.05) is 6.42 Å². The minimum atomic E-state index is -3.32. The topological polar surface area (TPSA) is 102 Å². The van der Waals surface area contributed by atoms with Gasteiger partial charge in [0.05, 0.1) is 11.9 Å². The van der Waals surface area contributed by atoms with Crippen LogP contribution in [0.3, 0.4) is 0 Å². The van der Waals surface area contributed by atoms with E-state index in [2.05, 4.69) is 10.3 Å². The van der Waals surface area contributed by atoms with E-state index in [1.165, 1.54) is 12.3 Å². The van der Waals surface area contributed by atoms with Crippen molar-refractivity contribution in [2.24, 2.45) is 11.7 Å². The third-order valence-electron chi connectivity index (χ3n) is 3.47. The molecule has 7 heteroatoms. The average Bonchev–Trinajstić information content (AvgIpc) is 2.38. The lowest BCUT2D eigenvalue weighted by Crippen LogP contribution is -2.34. The van der Waals surface area contributed by atoms with Crippen molar-refractivity contribution in [1.29, 1.82) is 0 Å². The van der Waals surface area contributed by atoms with Gasteiger partial charge in [-0.15, -0.1) is 0 Å². The minimum absolute atomic E-state index is 0.00446. The molecule has 1 fully saturated rings. The maximum absolute atomic E-state index is 12.1. The number of carbonyl (C=O) groups is 1. The maximum atomic E-state index is 12.1. The Balaban J connectivity index is 2.01. The molecular weight excluding hydrogens is 278 g/mol. The van der Waals surface area contributed by atoms with Crippen LogP contribution < -0.4 is 11.1 Å². The van der Waals surface area contributed by atoms with E-state index in [9.17, 15) is 13.2 Å². The first-order valence-electron chi connectivity index (χ1n) is 6.59. The van der Waals surface area contributed by atoms with Crippen LogP contribution in [0.15, 0.2) is 23.4 Å². The molecule has 1 aromatic heterocycles. The molecule has 2 atom stereocenters. The molecule has 110 valence electrons. The Labute approximate surface area is 118 Å². The van der Waals surface area contributed by atoms with Crippen molar-refractivity contribution in [2.75, 3.05) is 11.6 Å². The van der Waals surface area contributed by atoms with E-state index in [-0.39, 0.29) is 22.9 Å². The fraction of sp³-hybridized carbons (Fsp3) is 0.538. The Bertz CT molecular complexity index is 583. The van der Waals surface area contributed by atoms with E-state index in [4.69, 9.17) is 5.73 Å². The Morgan fingerprint density at radius 1 is 1.40 bits per heavy atom. The van der Waals surface area contributed by atoms with Crippen LogP contribution in [0.5, 0.6) is 0 Å². The van der Waals surface area contributed by atoms with E-state index in [1.807, 2.05) is 0 Å². The highest BCUT2D eigenvalue weighted by Crippen LogP contribution is 2.24. The number of rotatable bonds is 3. The highest BCUT2D eigenvalue weighted by atomic mass is 32.2. The SMILES string of the molecule is CS(=O)(=O)c1ccc(NC(=O)C2CCCC(N)C2)cn1. The van der Waals surface area contributed by atoms with Gasteiger partial charge in [0.15, 0.2) is 14.9 Å².